The molecule has 4 N–H and O–H groups in total. The first-order valence-corrected chi connectivity index (χ1v) is 7.32. The Kier molecular flexibility index (Phi) is 3.89. The Hall–Kier alpha value is -1.56. The number of fused-ring (bicyclic) bond motifs is 1. The van der Waals surface area contributed by atoms with Crippen molar-refractivity contribution in [3.05, 3.63) is 35.0 Å². The van der Waals surface area contributed by atoms with Gasteiger partial charge in [-0.15, -0.1) is 0 Å². The second-order valence-electron chi connectivity index (χ2n) is 5.49. The number of nitrogens with two attached hydrogens (primary N) is 1. The highest BCUT2D eigenvalue weighted by Crippen LogP contribution is 2.23. The van der Waals surface area contributed by atoms with Gasteiger partial charge in [0.05, 0.1) is 6.10 Å². The van der Waals surface area contributed by atoms with Crippen LogP contribution in [0.1, 0.15) is 23.3 Å². The third-order valence-corrected chi connectivity index (χ3v) is 4.28. The molecule has 1 aliphatic carbocycles. The highest BCUT2D eigenvalue weighted by Gasteiger charge is 2.33. The van der Waals surface area contributed by atoms with Crippen LogP contribution in [0.15, 0.2) is 24.3 Å². The number of amides is 1. The minimum Gasteiger partial charge on any atom is -0.381 e. The molecule has 2 aromatic rings. The summed E-state index contributed by atoms with van der Waals surface area (Å²) in [6.07, 6.45) is 1.63. The summed E-state index contributed by atoms with van der Waals surface area (Å²) in [7, 11) is 1.67. The Labute approximate surface area is 127 Å². The van der Waals surface area contributed by atoms with Crippen LogP contribution >= 0.6 is 11.6 Å². The zero-order valence-corrected chi connectivity index (χ0v) is 12.5. The molecule has 112 valence electrons. The Morgan fingerprint density at radius 1 is 1.43 bits per heavy atom. The average molecular weight is 308 g/mol. The van der Waals surface area contributed by atoms with Gasteiger partial charge in [0.15, 0.2) is 0 Å². The van der Waals surface area contributed by atoms with Crippen molar-refractivity contribution < 1.29 is 9.53 Å². The lowest BCUT2D eigenvalue weighted by Gasteiger charge is -2.16. The van der Waals surface area contributed by atoms with Crippen LogP contribution in [0.25, 0.3) is 10.9 Å². The number of halogens is 1. The van der Waals surface area contributed by atoms with E-state index in [2.05, 4.69) is 10.3 Å². The standard InChI is InChI=1S/C15H18ClN3O2/c1-21-10-6-11(17)13(7-10)19-15(20)14-5-8-4-9(16)2-3-12(8)18-14/h2-5,10-11,13,18H,6-7,17H2,1H3,(H,19,20). The molecule has 0 bridgehead atoms. The molecule has 21 heavy (non-hydrogen) atoms. The first kappa shape index (κ1) is 14.4. The number of aromatic amines is 1. The number of carbonyl (C=O) groups is 1. The predicted octanol–water partition coefficient (Wildman–Crippen LogP) is 2.06. The number of aromatic nitrogens is 1. The first-order valence-electron chi connectivity index (χ1n) is 6.94. The van der Waals surface area contributed by atoms with Crippen LogP contribution in [0.4, 0.5) is 0 Å². The molecule has 0 radical (unpaired) electrons. The molecule has 1 saturated carbocycles. The highest BCUT2D eigenvalue weighted by atomic mass is 35.5. The fourth-order valence-corrected chi connectivity index (χ4v) is 3.03. The summed E-state index contributed by atoms with van der Waals surface area (Å²) in [6, 6.07) is 7.14. The SMILES string of the molecule is COC1CC(N)C(NC(=O)c2cc3cc(Cl)ccc3[nH]2)C1. The van der Waals surface area contributed by atoms with Gasteiger partial charge < -0.3 is 20.8 Å². The number of rotatable bonds is 3. The number of H-pyrrole nitrogens is 1. The first-order chi connectivity index (χ1) is 10.1. The minimum atomic E-state index is -0.153. The van der Waals surface area contributed by atoms with Crippen LogP contribution in [0.2, 0.25) is 5.02 Å². The van der Waals surface area contributed by atoms with Gasteiger partial charge in [0.25, 0.3) is 5.91 Å². The lowest BCUT2D eigenvalue weighted by atomic mass is 10.2. The summed E-state index contributed by atoms with van der Waals surface area (Å²) in [4.78, 5) is 15.4. The highest BCUT2D eigenvalue weighted by molar-refractivity contribution is 6.31. The Balaban J connectivity index is 1.75. The molecular formula is C15H18ClN3O2. The lowest BCUT2D eigenvalue weighted by Crippen LogP contribution is -2.44. The summed E-state index contributed by atoms with van der Waals surface area (Å²) in [6.45, 7) is 0. The number of benzene rings is 1. The molecule has 0 saturated heterocycles. The predicted molar refractivity (Wildman–Crippen MR) is 82.6 cm³/mol. The number of ether oxygens (including phenoxy) is 1. The van der Waals surface area contributed by atoms with Gasteiger partial charge >= 0.3 is 0 Å². The van der Waals surface area contributed by atoms with Gasteiger partial charge in [-0.3, -0.25) is 4.79 Å². The minimum absolute atomic E-state index is 0.0579. The number of nitrogens with one attached hydrogen (secondary N) is 2. The summed E-state index contributed by atoms with van der Waals surface area (Å²) >= 11 is 5.95. The fourth-order valence-electron chi connectivity index (χ4n) is 2.85. The lowest BCUT2D eigenvalue weighted by molar-refractivity contribution is 0.0910. The summed E-state index contributed by atoms with van der Waals surface area (Å²) in [5.41, 5.74) is 7.44. The number of hydrogen-bond acceptors (Lipinski definition) is 3. The van der Waals surface area contributed by atoms with E-state index in [1.165, 1.54) is 0 Å². The van der Waals surface area contributed by atoms with E-state index in [-0.39, 0.29) is 24.1 Å². The zero-order valence-electron chi connectivity index (χ0n) is 11.7. The fraction of sp³-hybridized carbons (Fsp3) is 0.400. The zero-order chi connectivity index (χ0) is 15.0. The van der Waals surface area contributed by atoms with E-state index >= 15 is 0 Å². The molecule has 1 heterocycles. The molecule has 3 rings (SSSR count). The van der Waals surface area contributed by atoms with Crippen molar-refractivity contribution >= 4 is 28.4 Å². The maximum absolute atomic E-state index is 12.3. The van der Waals surface area contributed by atoms with Crippen LogP contribution in [0, 0.1) is 0 Å². The molecule has 0 aliphatic heterocycles. The Morgan fingerprint density at radius 2 is 2.24 bits per heavy atom. The van der Waals surface area contributed by atoms with Crippen molar-refractivity contribution in [2.45, 2.75) is 31.0 Å². The molecule has 1 amide bonds. The maximum Gasteiger partial charge on any atom is 0.268 e. The smallest absolute Gasteiger partial charge is 0.268 e. The van der Waals surface area contributed by atoms with Gasteiger partial charge in [-0.25, -0.2) is 0 Å². The van der Waals surface area contributed by atoms with E-state index in [1.54, 1.807) is 19.2 Å². The van der Waals surface area contributed by atoms with Crippen molar-refractivity contribution in [2.75, 3.05) is 7.11 Å². The van der Waals surface area contributed by atoms with Crippen molar-refractivity contribution in [3.63, 3.8) is 0 Å². The topological polar surface area (TPSA) is 80.1 Å². The summed E-state index contributed by atoms with van der Waals surface area (Å²) in [5, 5.41) is 4.54. The largest absolute Gasteiger partial charge is 0.381 e. The molecule has 3 atom stereocenters. The van der Waals surface area contributed by atoms with Crippen molar-refractivity contribution in [1.29, 1.82) is 0 Å². The average Bonchev–Trinajstić information content (AvgIpc) is 3.02. The second kappa shape index (κ2) is 5.67. The van der Waals surface area contributed by atoms with Gasteiger partial charge in [0.2, 0.25) is 0 Å². The van der Waals surface area contributed by atoms with Gasteiger partial charge in [0, 0.05) is 35.1 Å². The van der Waals surface area contributed by atoms with E-state index in [0.29, 0.717) is 10.7 Å². The van der Waals surface area contributed by atoms with Gasteiger partial charge in [-0.05, 0) is 37.1 Å². The third-order valence-electron chi connectivity index (χ3n) is 4.05. The molecule has 0 spiro atoms. The van der Waals surface area contributed by atoms with Crippen LogP contribution < -0.4 is 11.1 Å². The number of hydrogen-bond donors (Lipinski definition) is 3. The van der Waals surface area contributed by atoms with Crippen LogP contribution in [0.3, 0.4) is 0 Å². The van der Waals surface area contributed by atoms with E-state index in [0.717, 1.165) is 23.7 Å². The molecule has 3 unspecified atom stereocenters. The third kappa shape index (κ3) is 2.90. The van der Waals surface area contributed by atoms with Crippen LogP contribution in [-0.4, -0.2) is 36.2 Å². The maximum atomic E-state index is 12.3. The number of methoxy groups -OCH3 is 1. The van der Waals surface area contributed by atoms with Gasteiger partial charge in [-0.1, -0.05) is 11.6 Å². The van der Waals surface area contributed by atoms with E-state index in [1.807, 2.05) is 12.1 Å². The van der Waals surface area contributed by atoms with Gasteiger partial charge in [0.1, 0.15) is 5.69 Å². The number of carbonyl (C=O) groups excluding carboxylic acids is 1. The molecular weight excluding hydrogens is 290 g/mol. The molecule has 1 aromatic heterocycles. The normalized spacial score (nSPS) is 25.4. The molecule has 1 aromatic carbocycles. The quantitative estimate of drug-likeness (QED) is 0.812. The van der Waals surface area contributed by atoms with E-state index < -0.39 is 0 Å². The van der Waals surface area contributed by atoms with E-state index in [9.17, 15) is 4.79 Å². The molecule has 6 heteroatoms. The van der Waals surface area contributed by atoms with Crippen molar-refractivity contribution in [2.24, 2.45) is 5.73 Å². The molecule has 1 fully saturated rings. The molecule has 1 aliphatic rings. The van der Waals surface area contributed by atoms with E-state index in [4.69, 9.17) is 22.1 Å². The summed E-state index contributed by atoms with van der Waals surface area (Å²) < 4.78 is 5.31. The van der Waals surface area contributed by atoms with Crippen molar-refractivity contribution in [1.82, 2.24) is 10.3 Å². The summed E-state index contributed by atoms with van der Waals surface area (Å²) in [5.74, 6) is -0.153. The van der Waals surface area contributed by atoms with Gasteiger partial charge in [-0.2, -0.15) is 0 Å². The Morgan fingerprint density at radius 3 is 2.95 bits per heavy atom. The monoisotopic (exact) mass is 307 g/mol. The van der Waals surface area contributed by atoms with Crippen molar-refractivity contribution in [3.8, 4) is 0 Å². The molecule has 5 nitrogen and oxygen atoms in total. The van der Waals surface area contributed by atoms with Crippen LogP contribution in [-0.2, 0) is 4.74 Å². The van der Waals surface area contributed by atoms with Crippen LogP contribution in [0.5, 0.6) is 0 Å². The Bertz CT molecular complexity index is 670. The second-order valence-corrected chi connectivity index (χ2v) is 5.92.